The molecule has 1 aromatic carbocycles. The molecule has 0 aliphatic carbocycles. The van der Waals surface area contributed by atoms with Gasteiger partial charge in [-0.15, -0.1) is 0 Å². The number of amides is 1. The molecule has 0 aromatic heterocycles. The minimum Gasteiger partial charge on any atom is -0.380 e. The SMILES string of the molecule is CNC(=O)c1ccc(CNC2CCOC2)cc1. The first-order valence-electron chi connectivity index (χ1n) is 5.92. The second kappa shape index (κ2) is 5.80. The highest BCUT2D eigenvalue weighted by Gasteiger charge is 2.14. The predicted octanol–water partition coefficient (Wildman–Crippen LogP) is 0.925. The molecule has 1 amide bonds. The van der Waals surface area contributed by atoms with Crippen LogP contribution in [-0.2, 0) is 11.3 Å². The van der Waals surface area contributed by atoms with Gasteiger partial charge < -0.3 is 15.4 Å². The van der Waals surface area contributed by atoms with E-state index in [-0.39, 0.29) is 5.91 Å². The zero-order chi connectivity index (χ0) is 12.1. The predicted molar refractivity (Wildman–Crippen MR) is 65.9 cm³/mol. The van der Waals surface area contributed by atoms with Crippen molar-refractivity contribution < 1.29 is 9.53 Å². The van der Waals surface area contributed by atoms with Gasteiger partial charge in [0.05, 0.1) is 6.61 Å². The minimum atomic E-state index is -0.0475. The highest BCUT2D eigenvalue weighted by molar-refractivity contribution is 5.93. The van der Waals surface area contributed by atoms with E-state index in [1.54, 1.807) is 7.05 Å². The van der Waals surface area contributed by atoms with E-state index >= 15 is 0 Å². The quantitative estimate of drug-likeness (QED) is 0.814. The number of hydrogen-bond acceptors (Lipinski definition) is 3. The van der Waals surface area contributed by atoms with Gasteiger partial charge >= 0.3 is 0 Å². The first-order valence-corrected chi connectivity index (χ1v) is 5.92. The van der Waals surface area contributed by atoms with Crippen molar-refractivity contribution in [3.63, 3.8) is 0 Å². The van der Waals surface area contributed by atoms with Gasteiger partial charge in [0.1, 0.15) is 0 Å². The zero-order valence-electron chi connectivity index (χ0n) is 10.0. The minimum absolute atomic E-state index is 0.0475. The second-order valence-electron chi connectivity index (χ2n) is 4.22. The number of nitrogens with one attached hydrogen (secondary N) is 2. The van der Waals surface area contributed by atoms with Crippen molar-refractivity contribution in [3.8, 4) is 0 Å². The standard InChI is InChI=1S/C13H18N2O2/c1-14-13(16)11-4-2-10(3-5-11)8-15-12-6-7-17-9-12/h2-5,12,15H,6-9H2,1H3,(H,14,16). The summed E-state index contributed by atoms with van der Waals surface area (Å²) in [6.07, 6.45) is 1.08. The van der Waals surface area contributed by atoms with Crippen LogP contribution in [0.5, 0.6) is 0 Å². The van der Waals surface area contributed by atoms with Crippen molar-refractivity contribution in [1.82, 2.24) is 10.6 Å². The highest BCUT2D eigenvalue weighted by Crippen LogP contribution is 2.07. The van der Waals surface area contributed by atoms with Gasteiger partial charge in [-0.1, -0.05) is 12.1 Å². The molecule has 2 rings (SSSR count). The van der Waals surface area contributed by atoms with Crippen molar-refractivity contribution in [2.24, 2.45) is 0 Å². The Labute approximate surface area is 101 Å². The molecule has 0 bridgehead atoms. The van der Waals surface area contributed by atoms with Crippen molar-refractivity contribution in [3.05, 3.63) is 35.4 Å². The van der Waals surface area contributed by atoms with Crippen LogP contribution in [0.1, 0.15) is 22.3 Å². The fraction of sp³-hybridized carbons (Fsp3) is 0.462. The van der Waals surface area contributed by atoms with Crippen LogP contribution in [0, 0.1) is 0 Å². The van der Waals surface area contributed by atoms with Crippen molar-refractivity contribution in [2.45, 2.75) is 19.0 Å². The fourth-order valence-electron chi connectivity index (χ4n) is 1.88. The van der Waals surface area contributed by atoms with Gasteiger partial charge in [0.15, 0.2) is 0 Å². The van der Waals surface area contributed by atoms with E-state index < -0.39 is 0 Å². The lowest BCUT2D eigenvalue weighted by Crippen LogP contribution is -2.28. The lowest BCUT2D eigenvalue weighted by atomic mass is 10.1. The summed E-state index contributed by atoms with van der Waals surface area (Å²) in [6, 6.07) is 8.12. The van der Waals surface area contributed by atoms with Crippen molar-refractivity contribution >= 4 is 5.91 Å². The summed E-state index contributed by atoms with van der Waals surface area (Å²) in [7, 11) is 1.64. The van der Waals surface area contributed by atoms with Gasteiger partial charge in [0.25, 0.3) is 5.91 Å². The molecule has 0 radical (unpaired) electrons. The molecule has 2 N–H and O–H groups in total. The van der Waals surface area contributed by atoms with E-state index in [1.807, 2.05) is 24.3 Å². The normalized spacial score (nSPS) is 19.2. The molecule has 4 heteroatoms. The number of ether oxygens (including phenoxy) is 1. The van der Waals surface area contributed by atoms with Gasteiger partial charge in [-0.25, -0.2) is 0 Å². The Bertz CT molecular complexity index is 370. The van der Waals surface area contributed by atoms with Crippen LogP contribution >= 0.6 is 0 Å². The molecule has 1 heterocycles. The third-order valence-corrected chi connectivity index (χ3v) is 2.97. The number of hydrogen-bond donors (Lipinski definition) is 2. The van der Waals surface area contributed by atoms with E-state index in [2.05, 4.69) is 10.6 Å². The average molecular weight is 234 g/mol. The molecule has 4 nitrogen and oxygen atoms in total. The third-order valence-electron chi connectivity index (χ3n) is 2.97. The summed E-state index contributed by atoms with van der Waals surface area (Å²) < 4.78 is 5.30. The lowest BCUT2D eigenvalue weighted by molar-refractivity contribution is 0.0963. The topological polar surface area (TPSA) is 50.4 Å². The van der Waals surface area contributed by atoms with Crippen molar-refractivity contribution in [2.75, 3.05) is 20.3 Å². The maximum atomic E-state index is 11.3. The Morgan fingerprint density at radius 3 is 2.76 bits per heavy atom. The molecule has 1 atom stereocenters. The van der Waals surface area contributed by atoms with Gasteiger partial charge in [-0.3, -0.25) is 4.79 Å². The lowest BCUT2D eigenvalue weighted by Gasteiger charge is -2.10. The monoisotopic (exact) mass is 234 g/mol. The Balaban J connectivity index is 1.87. The fourth-order valence-corrected chi connectivity index (χ4v) is 1.88. The van der Waals surface area contributed by atoms with E-state index in [9.17, 15) is 4.79 Å². The van der Waals surface area contributed by atoms with Crippen LogP contribution in [0.15, 0.2) is 24.3 Å². The molecule has 1 fully saturated rings. The first-order chi connectivity index (χ1) is 8.29. The molecular weight excluding hydrogens is 216 g/mol. The first kappa shape index (κ1) is 12.1. The number of benzene rings is 1. The molecule has 0 spiro atoms. The van der Waals surface area contributed by atoms with Crippen molar-refractivity contribution in [1.29, 1.82) is 0 Å². The maximum Gasteiger partial charge on any atom is 0.251 e. The van der Waals surface area contributed by atoms with Gasteiger partial charge in [-0.05, 0) is 24.1 Å². The number of carbonyl (C=O) groups excluding carboxylic acids is 1. The largest absolute Gasteiger partial charge is 0.380 e. The third kappa shape index (κ3) is 3.28. The zero-order valence-corrected chi connectivity index (χ0v) is 10.0. The summed E-state index contributed by atoms with van der Waals surface area (Å²) in [6.45, 7) is 2.48. The maximum absolute atomic E-state index is 11.3. The molecule has 1 aliphatic heterocycles. The van der Waals surface area contributed by atoms with Crippen LogP contribution in [0.2, 0.25) is 0 Å². The van der Waals surface area contributed by atoms with Gasteiger partial charge in [0, 0.05) is 31.8 Å². The number of carbonyl (C=O) groups is 1. The molecule has 1 saturated heterocycles. The summed E-state index contributed by atoms with van der Waals surface area (Å²) in [5.74, 6) is -0.0475. The number of rotatable bonds is 4. The second-order valence-corrected chi connectivity index (χ2v) is 4.22. The Hall–Kier alpha value is -1.39. The van der Waals surface area contributed by atoms with Gasteiger partial charge in [-0.2, -0.15) is 0 Å². The highest BCUT2D eigenvalue weighted by atomic mass is 16.5. The molecule has 1 aliphatic rings. The molecule has 17 heavy (non-hydrogen) atoms. The van der Waals surface area contributed by atoms with E-state index in [0.29, 0.717) is 11.6 Å². The van der Waals surface area contributed by atoms with Crippen LogP contribution < -0.4 is 10.6 Å². The molecular formula is C13H18N2O2. The van der Waals surface area contributed by atoms with E-state index in [1.165, 1.54) is 5.56 Å². The molecule has 1 unspecified atom stereocenters. The van der Waals surface area contributed by atoms with Crippen LogP contribution in [0.4, 0.5) is 0 Å². The van der Waals surface area contributed by atoms with Crippen LogP contribution in [0.25, 0.3) is 0 Å². The molecule has 1 aromatic rings. The van der Waals surface area contributed by atoms with Crippen LogP contribution in [-0.4, -0.2) is 32.2 Å². The molecule has 92 valence electrons. The Kier molecular flexibility index (Phi) is 4.12. The molecule has 0 saturated carbocycles. The summed E-state index contributed by atoms with van der Waals surface area (Å²) in [5, 5.41) is 6.04. The van der Waals surface area contributed by atoms with Crippen LogP contribution in [0.3, 0.4) is 0 Å². The van der Waals surface area contributed by atoms with E-state index in [4.69, 9.17) is 4.74 Å². The van der Waals surface area contributed by atoms with E-state index in [0.717, 1.165) is 26.2 Å². The summed E-state index contributed by atoms with van der Waals surface area (Å²) in [5.41, 5.74) is 1.88. The van der Waals surface area contributed by atoms with Gasteiger partial charge in [0.2, 0.25) is 0 Å². The Morgan fingerprint density at radius 1 is 1.41 bits per heavy atom. The Morgan fingerprint density at radius 2 is 2.18 bits per heavy atom. The average Bonchev–Trinajstić information content (AvgIpc) is 2.89. The smallest absolute Gasteiger partial charge is 0.251 e. The summed E-state index contributed by atoms with van der Waals surface area (Å²) >= 11 is 0. The summed E-state index contributed by atoms with van der Waals surface area (Å²) in [4.78, 5) is 11.3.